The topological polar surface area (TPSA) is 122 Å². The average Bonchev–Trinajstić information content (AvgIpc) is 2.99. The molecule has 9 heteroatoms. The Morgan fingerprint density at radius 2 is 2.04 bits per heavy atom. The van der Waals surface area contributed by atoms with E-state index >= 15 is 0 Å². The molecule has 0 aliphatic heterocycles. The number of hydrogen-bond donors (Lipinski definition) is 1. The van der Waals surface area contributed by atoms with Crippen molar-refractivity contribution in [3.05, 3.63) is 57.1 Å². The second-order valence-corrected chi connectivity index (χ2v) is 5.48. The first kappa shape index (κ1) is 17.1. The molecule has 0 radical (unpaired) electrons. The molecule has 0 bridgehead atoms. The number of esters is 1. The molecule has 24 heavy (non-hydrogen) atoms. The van der Waals surface area contributed by atoms with Crippen LogP contribution in [0.3, 0.4) is 0 Å². The van der Waals surface area contributed by atoms with E-state index in [2.05, 4.69) is 5.32 Å². The van der Waals surface area contributed by atoms with Crippen LogP contribution in [0, 0.1) is 21.4 Å². The molecule has 0 saturated carbocycles. The molecule has 0 fully saturated rings. The van der Waals surface area contributed by atoms with Crippen molar-refractivity contribution in [3.63, 3.8) is 0 Å². The third-order valence-electron chi connectivity index (χ3n) is 2.90. The summed E-state index contributed by atoms with van der Waals surface area (Å²) in [5.41, 5.74) is 0.570. The maximum Gasteiger partial charge on any atom is 0.341 e. The Morgan fingerprint density at radius 3 is 2.58 bits per heavy atom. The molecular formula is C15H11N3O5S. The fraction of sp³-hybridized carbons (Fsp3) is 0.133. The average molecular weight is 345 g/mol. The number of benzene rings is 1. The maximum atomic E-state index is 12.2. The summed E-state index contributed by atoms with van der Waals surface area (Å²) < 4.78 is 4.84. The van der Waals surface area contributed by atoms with Gasteiger partial charge in [0.05, 0.1) is 23.2 Å². The lowest BCUT2D eigenvalue weighted by Gasteiger charge is -2.05. The smallest absolute Gasteiger partial charge is 0.341 e. The summed E-state index contributed by atoms with van der Waals surface area (Å²) in [5, 5.41) is 21.9. The Kier molecular flexibility index (Phi) is 5.23. The quantitative estimate of drug-likeness (QED) is 0.505. The predicted octanol–water partition coefficient (Wildman–Crippen LogP) is 2.96. The third kappa shape index (κ3) is 3.74. The molecule has 0 aliphatic carbocycles. The van der Waals surface area contributed by atoms with Crippen LogP contribution in [-0.4, -0.2) is 23.4 Å². The van der Waals surface area contributed by atoms with Gasteiger partial charge in [0, 0.05) is 11.6 Å². The van der Waals surface area contributed by atoms with Gasteiger partial charge in [0.1, 0.15) is 10.6 Å². The van der Waals surface area contributed by atoms with E-state index in [-0.39, 0.29) is 27.7 Å². The number of nitrogens with zero attached hydrogens (tertiary/aromatic N) is 2. The maximum absolute atomic E-state index is 12.2. The van der Waals surface area contributed by atoms with Gasteiger partial charge in [0.25, 0.3) is 5.91 Å². The lowest BCUT2D eigenvalue weighted by Crippen LogP contribution is -2.14. The van der Waals surface area contributed by atoms with Gasteiger partial charge < -0.3 is 10.1 Å². The van der Waals surface area contributed by atoms with E-state index < -0.39 is 16.8 Å². The van der Waals surface area contributed by atoms with E-state index in [0.717, 1.165) is 6.07 Å². The van der Waals surface area contributed by atoms with Crippen LogP contribution in [0.15, 0.2) is 30.3 Å². The van der Waals surface area contributed by atoms with Gasteiger partial charge in [-0.3, -0.25) is 14.9 Å². The largest absolute Gasteiger partial charge is 0.462 e. The first-order chi connectivity index (χ1) is 11.5. The number of nitriles is 1. The normalized spacial score (nSPS) is 9.83. The Balaban J connectivity index is 2.29. The zero-order valence-electron chi connectivity index (χ0n) is 12.4. The standard InChI is InChI=1S/C15H11N3O5S/c1-2-23-15(20)11-7-12(18(21)22)24-14(11)17-13(19)10-5-3-9(8-16)4-6-10/h3-7H,2H2,1H3,(H,17,19). The minimum Gasteiger partial charge on any atom is -0.462 e. The van der Waals surface area contributed by atoms with Crippen LogP contribution in [0.25, 0.3) is 0 Å². The van der Waals surface area contributed by atoms with Crippen LogP contribution in [-0.2, 0) is 4.74 Å². The number of thiophene rings is 1. The van der Waals surface area contributed by atoms with Gasteiger partial charge in [-0.05, 0) is 42.5 Å². The lowest BCUT2D eigenvalue weighted by atomic mass is 10.1. The molecule has 2 aromatic rings. The SMILES string of the molecule is CCOC(=O)c1cc([N+](=O)[O-])sc1NC(=O)c1ccc(C#N)cc1. The van der Waals surface area contributed by atoms with Crippen molar-refractivity contribution < 1.29 is 19.2 Å². The highest BCUT2D eigenvalue weighted by Gasteiger charge is 2.24. The van der Waals surface area contributed by atoms with Crippen molar-refractivity contribution in [1.82, 2.24) is 0 Å². The molecule has 8 nitrogen and oxygen atoms in total. The number of carbonyl (C=O) groups is 2. The van der Waals surface area contributed by atoms with Crippen molar-refractivity contribution in [2.24, 2.45) is 0 Å². The molecule has 0 saturated heterocycles. The summed E-state index contributed by atoms with van der Waals surface area (Å²) in [4.78, 5) is 34.3. The summed E-state index contributed by atoms with van der Waals surface area (Å²) in [6, 6.07) is 8.83. The molecule has 1 heterocycles. The van der Waals surface area contributed by atoms with Gasteiger partial charge in [-0.15, -0.1) is 0 Å². The highest BCUT2D eigenvalue weighted by atomic mass is 32.1. The van der Waals surface area contributed by atoms with E-state index in [0.29, 0.717) is 16.9 Å². The molecule has 0 unspecified atom stereocenters. The van der Waals surface area contributed by atoms with Crippen LogP contribution in [0.2, 0.25) is 0 Å². The van der Waals surface area contributed by atoms with Crippen molar-refractivity contribution in [3.8, 4) is 6.07 Å². The molecule has 0 aliphatic rings. The van der Waals surface area contributed by atoms with Crippen LogP contribution >= 0.6 is 11.3 Å². The van der Waals surface area contributed by atoms with Crippen LogP contribution in [0.1, 0.15) is 33.2 Å². The minimum atomic E-state index is -0.753. The number of nitro groups is 1. The fourth-order valence-corrected chi connectivity index (χ4v) is 2.65. The number of amides is 1. The first-order valence-electron chi connectivity index (χ1n) is 6.73. The van der Waals surface area contributed by atoms with Crippen molar-refractivity contribution >= 4 is 33.2 Å². The second-order valence-electron chi connectivity index (χ2n) is 4.45. The zero-order valence-corrected chi connectivity index (χ0v) is 13.3. The van der Waals surface area contributed by atoms with Gasteiger partial charge in [-0.1, -0.05) is 0 Å². The molecule has 1 aromatic heterocycles. The Morgan fingerprint density at radius 1 is 1.38 bits per heavy atom. The van der Waals surface area contributed by atoms with E-state index in [1.54, 1.807) is 6.92 Å². The van der Waals surface area contributed by atoms with Crippen molar-refractivity contribution in [2.75, 3.05) is 11.9 Å². The van der Waals surface area contributed by atoms with Crippen molar-refractivity contribution in [2.45, 2.75) is 6.92 Å². The number of carbonyl (C=O) groups excluding carboxylic acids is 2. The first-order valence-corrected chi connectivity index (χ1v) is 7.54. The summed E-state index contributed by atoms with van der Waals surface area (Å²) in [6.07, 6.45) is 0. The molecule has 0 spiro atoms. The Bertz CT molecular complexity index is 836. The molecule has 1 amide bonds. The zero-order chi connectivity index (χ0) is 17.7. The van der Waals surface area contributed by atoms with Crippen LogP contribution in [0.4, 0.5) is 10.0 Å². The minimum absolute atomic E-state index is 0.0366. The summed E-state index contributed by atoms with van der Waals surface area (Å²) in [7, 11) is 0. The molecule has 1 aromatic carbocycles. The summed E-state index contributed by atoms with van der Waals surface area (Å²) in [6.45, 7) is 1.71. The van der Waals surface area contributed by atoms with Crippen LogP contribution < -0.4 is 5.32 Å². The number of nitrogens with one attached hydrogen (secondary N) is 1. The highest BCUT2D eigenvalue weighted by Crippen LogP contribution is 2.34. The lowest BCUT2D eigenvalue weighted by molar-refractivity contribution is -0.380. The molecule has 122 valence electrons. The number of ether oxygens (including phenoxy) is 1. The molecule has 1 N–H and O–H groups in total. The van der Waals surface area contributed by atoms with E-state index in [1.807, 2.05) is 6.07 Å². The monoisotopic (exact) mass is 345 g/mol. The second kappa shape index (κ2) is 7.34. The van der Waals surface area contributed by atoms with Crippen molar-refractivity contribution in [1.29, 1.82) is 5.26 Å². The van der Waals surface area contributed by atoms with Gasteiger partial charge in [0.2, 0.25) is 0 Å². The van der Waals surface area contributed by atoms with E-state index in [9.17, 15) is 19.7 Å². The highest BCUT2D eigenvalue weighted by molar-refractivity contribution is 7.19. The van der Waals surface area contributed by atoms with Gasteiger partial charge in [0.15, 0.2) is 0 Å². The molecule has 2 rings (SSSR count). The Labute approximate surface area is 140 Å². The molecule has 0 atom stereocenters. The number of hydrogen-bond acceptors (Lipinski definition) is 7. The molecular weight excluding hydrogens is 334 g/mol. The predicted molar refractivity (Wildman–Crippen MR) is 86.0 cm³/mol. The van der Waals surface area contributed by atoms with Gasteiger partial charge in [-0.25, -0.2) is 4.79 Å². The third-order valence-corrected chi connectivity index (χ3v) is 3.90. The van der Waals surface area contributed by atoms with Gasteiger partial charge >= 0.3 is 11.0 Å². The van der Waals surface area contributed by atoms with Gasteiger partial charge in [-0.2, -0.15) is 5.26 Å². The van der Waals surface area contributed by atoms with E-state index in [4.69, 9.17) is 10.00 Å². The number of rotatable bonds is 5. The number of anilines is 1. The Hall–Kier alpha value is -3.25. The van der Waals surface area contributed by atoms with Crippen LogP contribution in [0.5, 0.6) is 0 Å². The fourth-order valence-electron chi connectivity index (χ4n) is 1.79. The van der Waals surface area contributed by atoms with E-state index in [1.165, 1.54) is 24.3 Å². The summed E-state index contributed by atoms with van der Waals surface area (Å²) >= 11 is 0.668. The summed E-state index contributed by atoms with van der Waals surface area (Å²) in [5.74, 6) is -1.31.